The van der Waals surface area contributed by atoms with Gasteiger partial charge in [0, 0.05) is 36.0 Å². The van der Waals surface area contributed by atoms with Crippen LogP contribution in [0.5, 0.6) is 0 Å². The van der Waals surface area contributed by atoms with Gasteiger partial charge in [0.05, 0.1) is 17.0 Å². The van der Waals surface area contributed by atoms with Crippen molar-refractivity contribution in [2.45, 2.75) is 50.5 Å². The molecule has 148 valence electrons. The third-order valence-corrected chi connectivity index (χ3v) is 6.66. The van der Waals surface area contributed by atoms with Crippen LogP contribution in [-0.4, -0.2) is 39.9 Å². The van der Waals surface area contributed by atoms with Crippen LogP contribution >= 0.6 is 11.6 Å². The zero-order valence-corrected chi connectivity index (χ0v) is 16.9. The van der Waals surface area contributed by atoms with Gasteiger partial charge in [-0.15, -0.1) is 0 Å². The van der Waals surface area contributed by atoms with E-state index in [9.17, 15) is 4.79 Å². The Morgan fingerprint density at radius 2 is 2.04 bits per heavy atom. The molecular weight excluding hydrogens is 374 g/mol. The second-order valence-electron chi connectivity index (χ2n) is 7.96. The van der Waals surface area contributed by atoms with Crippen molar-refractivity contribution in [3.05, 3.63) is 51.8 Å². The summed E-state index contributed by atoms with van der Waals surface area (Å²) in [4.78, 5) is 23.6. The van der Waals surface area contributed by atoms with E-state index in [1.165, 1.54) is 5.56 Å². The predicted molar refractivity (Wildman–Crippen MR) is 110 cm³/mol. The third-order valence-electron chi connectivity index (χ3n) is 6.43. The van der Waals surface area contributed by atoms with E-state index in [-0.39, 0.29) is 23.3 Å². The molecule has 6 nitrogen and oxygen atoms in total. The molecule has 7 heteroatoms. The van der Waals surface area contributed by atoms with Gasteiger partial charge in [0.15, 0.2) is 0 Å². The lowest BCUT2D eigenvalue weighted by Gasteiger charge is -2.44. The summed E-state index contributed by atoms with van der Waals surface area (Å²) in [5, 5.41) is 0.741. The average Bonchev–Trinajstić information content (AvgIpc) is 2.68. The van der Waals surface area contributed by atoms with Gasteiger partial charge >= 0.3 is 0 Å². The van der Waals surface area contributed by atoms with E-state index in [4.69, 9.17) is 23.1 Å². The van der Waals surface area contributed by atoms with Gasteiger partial charge in [-0.2, -0.15) is 0 Å². The molecule has 1 aromatic heterocycles. The largest absolute Gasteiger partial charge is 0.368 e. The summed E-state index contributed by atoms with van der Waals surface area (Å²) >= 11 is 6.21. The van der Waals surface area contributed by atoms with Crippen LogP contribution in [0.1, 0.15) is 53.0 Å². The number of hydrogen-bond acceptors (Lipinski definition) is 5. The first-order valence-corrected chi connectivity index (χ1v) is 10.2. The Balaban J connectivity index is 1.53. The molecule has 1 saturated carbocycles. The number of fused-ring (bicyclic) bond motifs is 1. The van der Waals surface area contributed by atoms with Gasteiger partial charge in [0.1, 0.15) is 0 Å². The molecule has 2 aliphatic rings. The Kier molecular flexibility index (Phi) is 5.02. The van der Waals surface area contributed by atoms with Crippen LogP contribution in [0.3, 0.4) is 0 Å². The summed E-state index contributed by atoms with van der Waals surface area (Å²) in [5.41, 5.74) is 15.2. The Morgan fingerprint density at radius 3 is 2.71 bits per heavy atom. The van der Waals surface area contributed by atoms with Gasteiger partial charge in [0.2, 0.25) is 5.95 Å². The Labute approximate surface area is 170 Å². The van der Waals surface area contributed by atoms with E-state index in [1.54, 1.807) is 0 Å². The second kappa shape index (κ2) is 7.33. The number of aryl methyl sites for hydroxylation is 1. The van der Waals surface area contributed by atoms with Gasteiger partial charge in [-0.05, 0) is 50.3 Å². The summed E-state index contributed by atoms with van der Waals surface area (Å²) in [7, 11) is 0. The first-order valence-electron chi connectivity index (χ1n) is 9.83. The standard InChI is InChI=1S/C21H26ClN5O/c1-13-18-17(26-20(24)25-13)7-10-27(19(18)28)16-5-8-21(12-23,9-6-16)14-3-2-4-15(22)11-14/h2-4,11,16H,5-10,12,23H2,1H3,(H2,24,25,26)/t16-,21+. The molecule has 0 spiro atoms. The second-order valence-corrected chi connectivity index (χ2v) is 8.40. The summed E-state index contributed by atoms with van der Waals surface area (Å²) < 4.78 is 0. The monoisotopic (exact) mass is 399 g/mol. The molecule has 28 heavy (non-hydrogen) atoms. The van der Waals surface area contributed by atoms with Crippen LogP contribution < -0.4 is 11.5 Å². The number of anilines is 1. The van der Waals surface area contributed by atoms with Gasteiger partial charge in [0.25, 0.3) is 5.91 Å². The van der Waals surface area contributed by atoms with Crippen molar-refractivity contribution in [2.24, 2.45) is 5.73 Å². The van der Waals surface area contributed by atoms with Crippen LogP contribution in [-0.2, 0) is 11.8 Å². The highest BCUT2D eigenvalue weighted by Crippen LogP contribution is 2.41. The van der Waals surface area contributed by atoms with Gasteiger partial charge < -0.3 is 16.4 Å². The fourth-order valence-corrected chi connectivity index (χ4v) is 5.02. The number of carbonyl (C=O) groups is 1. The molecule has 0 unspecified atom stereocenters. The van der Waals surface area contributed by atoms with E-state index in [0.717, 1.165) is 42.8 Å². The third kappa shape index (κ3) is 3.25. The van der Waals surface area contributed by atoms with Crippen molar-refractivity contribution in [3.8, 4) is 0 Å². The highest BCUT2D eigenvalue weighted by atomic mass is 35.5. The van der Waals surface area contributed by atoms with Crippen LogP contribution in [0.15, 0.2) is 24.3 Å². The molecule has 1 aromatic carbocycles. The zero-order chi connectivity index (χ0) is 19.9. The zero-order valence-electron chi connectivity index (χ0n) is 16.1. The van der Waals surface area contributed by atoms with Crippen LogP contribution in [0.2, 0.25) is 5.02 Å². The number of hydrogen-bond donors (Lipinski definition) is 2. The molecule has 1 amide bonds. The van der Waals surface area contributed by atoms with E-state index in [1.807, 2.05) is 30.0 Å². The predicted octanol–water partition coefficient (Wildman–Crippen LogP) is 2.86. The Hall–Kier alpha value is -2.18. The minimum Gasteiger partial charge on any atom is -0.368 e. The molecule has 1 aliphatic carbocycles. The number of halogens is 1. The molecule has 4 N–H and O–H groups in total. The molecule has 1 fully saturated rings. The molecule has 2 aromatic rings. The number of amides is 1. The van der Waals surface area contributed by atoms with Gasteiger partial charge in [-0.25, -0.2) is 9.97 Å². The smallest absolute Gasteiger partial charge is 0.257 e. The van der Waals surface area contributed by atoms with E-state index >= 15 is 0 Å². The van der Waals surface area contributed by atoms with Crippen LogP contribution in [0.4, 0.5) is 5.95 Å². The quantitative estimate of drug-likeness (QED) is 0.826. The van der Waals surface area contributed by atoms with Crippen molar-refractivity contribution in [1.82, 2.24) is 14.9 Å². The maximum Gasteiger partial charge on any atom is 0.257 e. The molecular formula is C21H26ClN5O. The Morgan fingerprint density at radius 1 is 1.29 bits per heavy atom. The van der Waals surface area contributed by atoms with Crippen molar-refractivity contribution < 1.29 is 4.79 Å². The summed E-state index contributed by atoms with van der Waals surface area (Å²) in [5.74, 6) is 0.274. The topological polar surface area (TPSA) is 98.1 Å². The van der Waals surface area contributed by atoms with Crippen molar-refractivity contribution in [1.29, 1.82) is 0 Å². The van der Waals surface area contributed by atoms with Crippen molar-refractivity contribution in [3.63, 3.8) is 0 Å². The highest BCUT2D eigenvalue weighted by molar-refractivity contribution is 6.30. The van der Waals surface area contributed by atoms with E-state index in [0.29, 0.717) is 24.3 Å². The molecule has 0 bridgehead atoms. The first-order chi connectivity index (χ1) is 13.4. The van der Waals surface area contributed by atoms with Crippen LogP contribution in [0.25, 0.3) is 0 Å². The van der Waals surface area contributed by atoms with E-state index in [2.05, 4.69) is 16.0 Å². The number of nitrogen functional groups attached to an aromatic ring is 1. The molecule has 0 saturated heterocycles. The SMILES string of the molecule is Cc1nc(N)nc2c1C(=O)N([C@H]1CC[C@@](CN)(c3cccc(Cl)c3)CC1)CC2. The van der Waals surface area contributed by atoms with Crippen molar-refractivity contribution >= 4 is 23.5 Å². The lowest BCUT2D eigenvalue weighted by Crippen LogP contribution is -2.50. The van der Waals surface area contributed by atoms with Crippen LogP contribution in [0, 0.1) is 6.92 Å². The Bertz CT molecular complexity index is 908. The number of nitrogens with two attached hydrogens (primary N) is 2. The molecule has 0 atom stereocenters. The maximum absolute atomic E-state index is 13.2. The summed E-state index contributed by atoms with van der Waals surface area (Å²) in [6.07, 6.45) is 4.48. The van der Waals surface area contributed by atoms with Crippen molar-refractivity contribution in [2.75, 3.05) is 18.8 Å². The number of benzene rings is 1. The number of carbonyl (C=O) groups excluding carboxylic acids is 1. The molecule has 2 heterocycles. The molecule has 1 aliphatic heterocycles. The minimum atomic E-state index is -0.0639. The lowest BCUT2D eigenvalue weighted by molar-refractivity contribution is 0.0571. The van der Waals surface area contributed by atoms with E-state index < -0.39 is 0 Å². The number of aromatic nitrogens is 2. The average molecular weight is 400 g/mol. The molecule has 4 rings (SSSR count). The lowest BCUT2D eigenvalue weighted by atomic mass is 9.68. The normalized spacial score (nSPS) is 24.9. The highest BCUT2D eigenvalue weighted by Gasteiger charge is 2.40. The fourth-order valence-electron chi connectivity index (χ4n) is 4.83. The van der Waals surface area contributed by atoms with Gasteiger partial charge in [-0.3, -0.25) is 4.79 Å². The maximum atomic E-state index is 13.2. The molecule has 0 radical (unpaired) electrons. The number of rotatable bonds is 3. The fraction of sp³-hybridized carbons (Fsp3) is 0.476. The summed E-state index contributed by atoms with van der Waals surface area (Å²) in [6, 6.07) is 8.24. The minimum absolute atomic E-state index is 0.0340. The first kappa shape index (κ1) is 19.2. The number of nitrogens with zero attached hydrogens (tertiary/aromatic N) is 3. The van der Waals surface area contributed by atoms with Gasteiger partial charge in [-0.1, -0.05) is 23.7 Å². The summed E-state index contributed by atoms with van der Waals surface area (Å²) in [6.45, 7) is 3.10.